The van der Waals surface area contributed by atoms with Gasteiger partial charge in [0.05, 0.1) is 0 Å². The Hall–Kier alpha value is -2.01. The lowest BCUT2D eigenvalue weighted by molar-refractivity contribution is -0.295. The summed E-state index contributed by atoms with van der Waals surface area (Å²) in [4.78, 5) is 18.6. The number of amides is 1. The van der Waals surface area contributed by atoms with Crippen molar-refractivity contribution in [2.24, 2.45) is 5.92 Å². The molecule has 11 heteroatoms. The van der Waals surface area contributed by atoms with E-state index in [9.17, 15) is 27.5 Å². The Morgan fingerprint density at radius 2 is 1.97 bits per heavy atom. The number of carbonyl (C=O) groups excluding carboxylic acids is 1. The van der Waals surface area contributed by atoms with Crippen LogP contribution in [0, 0.1) is 5.92 Å². The third-order valence-electron chi connectivity index (χ3n) is 6.25. The summed E-state index contributed by atoms with van der Waals surface area (Å²) in [5, 5.41) is 13.5. The van der Waals surface area contributed by atoms with Crippen molar-refractivity contribution in [1.29, 1.82) is 0 Å². The molecule has 33 heavy (non-hydrogen) atoms. The lowest BCUT2D eigenvalue weighted by atomic mass is 9.69. The quantitative estimate of drug-likeness (QED) is 0.352. The van der Waals surface area contributed by atoms with Crippen LogP contribution in [0.4, 0.5) is 23.2 Å². The number of unbranched alkanes of at least 4 members (excludes halogenated alkanes) is 2. The minimum absolute atomic E-state index is 0.0308. The number of rotatable bonds is 9. The van der Waals surface area contributed by atoms with Gasteiger partial charge in [-0.25, -0.2) is 4.39 Å². The zero-order valence-corrected chi connectivity index (χ0v) is 19.3. The van der Waals surface area contributed by atoms with Crippen LogP contribution in [0.5, 0.6) is 0 Å². The first kappa shape index (κ1) is 24.1. The maximum absolute atomic E-state index is 13.9. The highest BCUT2D eigenvalue weighted by atomic mass is 79.9. The van der Waals surface area contributed by atoms with E-state index in [1.165, 1.54) is 4.90 Å². The number of aliphatic hydroxyl groups is 1. The highest BCUT2D eigenvalue weighted by Gasteiger charge is 2.63. The van der Waals surface area contributed by atoms with Gasteiger partial charge in [0.2, 0.25) is 5.91 Å². The van der Waals surface area contributed by atoms with E-state index >= 15 is 0 Å². The average molecular weight is 534 g/mol. The average Bonchev–Trinajstić information content (AvgIpc) is 3.29. The van der Waals surface area contributed by atoms with Gasteiger partial charge in [0, 0.05) is 29.0 Å². The van der Waals surface area contributed by atoms with Crippen LogP contribution < -0.4 is 4.90 Å². The minimum Gasteiger partial charge on any atom is -0.380 e. The zero-order valence-electron chi connectivity index (χ0n) is 17.7. The molecule has 0 atom stereocenters. The van der Waals surface area contributed by atoms with Gasteiger partial charge in [-0.15, -0.1) is 0 Å². The molecule has 0 unspecified atom stereocenters. The molecule has 1 aromatic heterocycles. The Labute approximate surface area is 196 Å². The van der Waals surface area contributed by atoms with Crippen molar-refractivity contribution in [2.75, 3.05) is 11.4 Å². The van der Waals surface area contributed by atoms with Gasteiger partial charge in [0.15, 0.2) is 17.1 Å². The van der Waals surface area contributed by atoms with Gasteiger partial charge in [0.1, 0.15) is 0 Å². The summed E-state index contributed by atoms with van der Waals surface area (Å²) in [7, 11) is 0. The zero-order chi connectivity index (χ0) is 23.9. The van der Waals surface area contributed by atoms with Crippen molar-refractivity contribution in [3.63, 3.8) is 0 Å². The number of alkyl halides is 4. The minimum atomic E-state index is -4.75. The predicted molar refractivity (Wildman–Crippen MR) is 114 cm³/mol. The van der Waals surface area contributed by atoms with Crippen molar-refractivity contribution >= 4 is 27.5 Å². The summed E-state index contributed by atoms with van der Waals surface area (Å²) in [6.07, 6.45) is -2.70. The molecule has 2 saturated carbocycles. The smallest absolute Gasteiger partial charge is 0.380 e. The fraction of sp³-hybridized carbons (Fsp3) is 0.591. The van der Waals surface area contributed by atoms with Crippen molar-refractivity contribution in [3.8, 4) is 0 Å². The summed E-state index contributed by atoms with van der Waals surface area (Å²) in [6, 6.07) is 7.00. The fourth-order valence-corrected chi connectivity index (χ4v) is 4.37. The summed E-state index contributed by atoms with van der Waals surface area (Å²) in [5.74, 6) is -0.843. The summed E-state index contributed by atoms with van der Waals surface area (Å²) in [5.41, 5.74) is -3.67. The van der Waals surface area contributed by atoms with Gasteiger partial charge >= 0.3 is 6.18 Å². The first-order valence-corrected chi connectivity index (χ1v) is 11.7. The number of carbonyl (C=O) groups is 1. The molecule has 0 spiro atoms. The van der Waals surface area contributed by atoms with Gasteiger partial charge in [-0.3, -0.25) is 4.79 Å². The maximum Gasteiger partial charge on any atom is 0.417 e. The van der Waals surface area contributed by atoms with Crippen LogP contribution in [0.25, 0.3) is 0 Å². The Morgan fingerprint density at radius 3 is 2.61 bits per heavy atom. The molecular weight excluding hydrogens is 510 g/mol. The SMILES string of the molecule is O=C(C1CC(O)(C(F)(F)F)C1)N(CCCCCc1noc(C2(F)CC2)n1)c1cccc(Br)c1. The van der Waals surface area contributed by atoms with E-state index in [1.54, 1.807) is 24.3 Å². The molecule has 4 rings (SSSR count). The monoisotopic (exact) mass is 533 g/mol. The second-order valence-corrected chi connectivity index (χ2v) is 9.81. The highest BCUT2D eigenvalue weighted by molar-refractivity contribution is 9.10. The Balaban J connectivity index is 1.32. The molecule has 1 amide bonds. The molecule has 2 aliphatic rings. The number of aromatic nitrogens is 2. The molecule has 2 aromatic rings. The first-order chi connectivity index (χ1) is 15.5. The topological polar surface area (TPSA) is 79.5 Å². The van der Waals surface area contributed by atoms with E-state index in [-0.39, 0.29) is 5.89 Å². The van der Waals surface area contributed by atoms with Crippen molar-refractivity contribution < 1.29 is 32.0 Å². The normalized spacial score (nSPS) is 23.8. The van der Waals surface area contributed by atoms with Gasteiger partial charge in [-0.1, -0.05) is 33.6 Å². The molecule has 2 aliphatic carbocycles. The van der Waals surface area contributed by atoms with Crippen LogP contribution in [0.2, 0.25) is 0 Å². The number of hydrogen-bond donors (Lipinski definition) is 1. The molecule has 0 bridgehead atoms. The molecule has 1 aromatic carbocycles. The Kier molecular flexibility index (Phi) is 6.56. The van der Waals surface area contributed by atoms with Gasteiger partial charge < -0.3 is 14.5 Å². The number of anilines is 1. The standard InChI is InChI=1S/C22H24BrF4N3O3/c23-15-5-4-6-16(11-15)30(18(31)14-12-21(32,13-14)22(25,26)27)10-3-1-2-7-17-28-19(33-29-17)20(24)8-9-20/h4-6,11,14,32H,1-3,7-10,12-13H2. The summed E-state index contributed by atoms with van der Waals surface area (Å²) < 4.78 is 58.6. The second kappa shape index (κ2) is 8.98. The lowest BCUT2D eigenvalue weighted by Gasteiger charge is -2.45. The number of aryl methyl sites for hydroxylation is 1. The molecular formula is C22H24BrF4N3O3. The van der Waals surface area contributed by atoms with Crippen LogP contribution in [0.15, 0.2) is 33.3 Å². The van der Waals surface area contributed by atoms with E-state index < -0.39 is 42.1 Å². The molecule has 1 N–H and O–H groups in total. The predicted octanol–water partition coefficient (Wildman–Crippen LogP) is 5.24. The third kappa shape index (κ3) is 5.24. The largest absolute Gasteiger partial charge is 0.417 e. The number of nitrogens with zero attached hydrogens (tertiary/aromatic N) is 3. The van der Waals surface area contributed by atoms with Crippen molar-refractivity contribution in [2.45, 2.75) is 68.8 Å². The van der Waals surface area contributed by atoms with Crippen molar-refractivity contribution in [1.82, 2.24) is 10.1 Å². The van der Waals surface area contributed by atoms with Crippen LogP contribution in [0.3, 0.4) is 0 Å². The number of hydrogen-bond acceptors (Lipinski definition) is 5. The van der Waals surface area contributed by atoms with E-state index in [2.05, 4.69) is 26.1 Å². The van der Waals surface area contributed by atoms with Gasteiger partial charge in [-0.2, -0.15) is 18.2 Å². The molecule has 0 aliphatic heterocycles. The summed E-state index contributed by atoms with van der Waals surface area (Å²) >= 11 is 3.35. The number of halogens is 5. The van der Waals surface area contributed by atoms with E-state index in [4.69, 9.17) is 4.52 Å². The molecule has 180 valence electrons. The van der Waals surface area contributed by atoms with Gasteiger partial charge in [-0.05, 0) is 56.7 Å². The third-order valence-corrected chi connectivity index (χ3v) is 6.75. The van der Waals surface area contributed by atoms with Crippen LogP contribution in [-0.4, -0.2) is 39.5 Å². The molecule has 1 heterocycles. The molecule has 6 nitrogen and oxygen atoms in total. The highest BCUT2D eigenvalue weighted by Crippen LogP contribution is 2.50. The van der Waals surface area contributed by atoms with Crippen LogP contribution >= 0.6 is 15.9 Å². The number of benzene rings is 1. The Bertz CT molecular complexity index is 1000. The van der Waals surface area contributed by atoms with E-state index in [1.807, 2.05) is 0 Å². The van der Waals surface area contributed by atoms with Gasteiger partial charge in [0.25, 0.3) is 5.89 Å². The first-order valence-electron chi connectivity index (χ1n) is 10.9. The van der Waals surface area contributed by atoms with E-state index in [0.717, 1.165) is 4.47 Å². The van der Waals surface area contributed by atoms with Crippen LogP contribution in [-0.2, 0) is 16.9 Å². The van der Waals surface area contributed by atoms with Crippen molar-refractivity contribution in [3.05, 3.63) is 40.5 Å². The Morgan fingerprint density at radius 1 is 1.24 bits per heavy atom. The molecule has 0 radical (unpaired) electrons. The van der Waals surface area contributed by atoms with E-state index in [0.29, 0.717) is 56.6 Å². The molecule has 0 saturated heterocycles. The second-order valence-electron chi connectivity index (χ2n) is 8.90. The van der Waals surface area contributed by atoms with Crippen LogP contribution in [0.1, 0.15) is 56.7 Å². The fourth-order valence-electron chi connectivity index (χ4n) is 3.98. The lowest BCUT2D eigenvalue weighted by Crippen LogP contribution is -2.59. The molecule has 2 fully saturated rings. The summed E-state index contributed by atoms with van der Waals surface area (Å²) in [6.45, 7) is 0.321. The maximum atomic E-state index is 13.9.